The van der Waals surface area contributed by atoms with E-state index in [4.69, 9.17) is 0 Å². The van der Waals surface area contributed by atoms with Gasteiger partial charge in [-0.05, 0) is 31.5 Å². The topological polar surface area (TPSA) is 32.3 Å². The van der Waals surface area contributed by atoms with Gasteiger partial charge in [0.2, 0.25) is 5.91 Å². The smallest absolute Gasteiger partial charge is 0.222 e. The standard InChI is InChI=1S/C14H21BrN2O/c1-11(12-7-4-5-8-13(12)15)16-10-6-9-14(18)17(2)3/h4-5,7-8,11,16H,6,9-10H2,1-3H3/t11-/m0/s1. The highest BCUT2D eigenvalue weighted by Crippen LogP contribution is 2.22. The fourth-order valence-corrected chi connectivity index (χ4v) is 2.35. The predicted molar refractivity (Wildman–Crippen MR) is 78.5 cm³/mol. The normalized spacial score (nSPS) is 12.2. The quantitative estimate of drug-likeness (QED) is 0.819. The first-order chi connectivity index (χ1) is 8.52. The van der Waals surface area contributed by atoms with Gasteiger partial charge >= 0.3 is 0 Å². The van der Waals surface area contributed by atoms with Gasteiger partial charge in [0.1, 0.15) is 0 Å². The molecule has 18 heavy (non-hydrogen) atoms. The van der Waals surface area contributed by atoms with Gasteiger partial charge < -0.3 is 10.2 Å². The zero-order chi connectivity index (χ0) is 13.5. The van der Waals surface area contributed by atoms with Crippen molar-refractivity contribution in [1.82, 2.24) is 10.2 Å². The van der Waals surface area contributed by atoms with E-state index in [1.165, 1.54) is 5.56 Å². The van der Waals surface area contributed by atoms with Crippen molar-refractivity contribution in [3.63, 3.8) is 0 Å². The number of rotatable bonds is 6. The molecule has 0 radical (unpaired) electrons. The Morgan fingerprint density at radius 2 is 2.06 bits per heavy atom. The van der Waals surface area contributed by atoms with Gasteiger partial charge in [-0.15, -0.1) is 0 Å². The van der Waals surface area contributed by atoms with Crippen LogP contribution in [-0.4, -0.2) is 31.4 Å². The van der Waals surface area contributed by atoms with Crippen molar-refractivity contribution in [3.05, 3.63) is 34.3 Å². The molecule has 0 aliphatic carbocycles. The summed E-state index contributed by atoms with van der Waals surface area (Å²) >= 11 is 3.55. The highest BCUT2D eigenvalue weighted by molar-refractivity contribution is 9.10. The minimum Gasteiger partial charge on any atom is -0.349 e. The van der Waals surface area contributed by atoms with Gasteiger partial charge in [-0.2, -0.15) is 0 Å². The summed E-state index contributed by atoms with van der Waals surface area (Å²) < 4.78 is 1.12. The summed E-state index contributed by atoms with van der Waals surface area (Å²) in [5, 5.41) is 3.43. The minimum atomic E-state index is 0.186. The summed E-state index contributed by atoms with van der Waals surface area (Å²) in [6.07, 6.45) is 1.47. The molecule has 1 aromatic carbocycles. The van der Waals surface area contributed by atoms with E-state index in [1.54, 1.807) is 19.0 Å². The molecule has 1 atom stereocenters. The number of hydrogen-bond acceptors (Lipinski definition) is 2. The molecular formula is C14H21BrN2O. The number of carbonyl (C=O) groups excluding carboxylic acids is 1. The van der Waals surface area contributed by atoms with Crippen molar-refractivity contribution in [1.29, 1.82) is 0 Å². The molecule has 1 N–H and O–H groups in total. The summed E-state index contributed by atoms with van der Waals surface area (Å²) in [6, 6.07) is 8.48. The maximum Gasteiger partial charge on any atom is 0.222 e. The largest absolute Gasteiger partial charge is 0.349 e. The van der Waals surface area contributed by atoms with E-state index in [-0.39, 0.29) is 11.9 Å². The molecule has 0 heterocycles. The zero-order valence-electron chi connectivity index (χ0n) is 11.2. The molecule has 3 nitrogen and oxygen atoms in total. The molecular weight excluding hydrogens is 292 g/mol. The predicted octanol–water partition coefficient (Wildman–Crippen LogP) is 2.97. The Morgan fingerprint density at radius 1 is 1.39 bits per heavy atom. The Kier molecular flexibility index (Phi) is 6.36. The van der Waals surface area contributed by atoms with Crippen LogP contribution in [0.1, 0.15) is 31.4 Å². The number of nitrogens with one attached hydrogen (secondary N) is 1. The van der Waals surface area contributed by atoms with Crippen LogP contribution in [0.25, 0.3) is 0 Å². The van der Waals surface area contributed by atoms with Gasteiger partial charge in [-0.3, -0.25) is 4.79 Å². The summed E-state index contributed by atoms with van der Waals surface area (Å²) in [4.78, 5) is 13.0. The molecule has 4 heteroatoms. The van der Waals surface area contributed by atoms with Crippen LogP contribution >= 0.6 is 15.9 Å². The van der Waals surface area contributed by atoms with E-state index in [0.717, 1.165) is 17.4 Å². The molecule has 0 aromatic heterocycles. The molecule has 1 rings (SSSR count). The van der Waals surface area contributed by atoms with Crippen LogP contribution in [0.15, 0.2) is 28.7 Å². The number of carbonyl (C=O) groups is 1. The second-order valence-corrected chi connectivity index (χ2v) is 5.44. The van der Waals surface area contributed by atoms with Gasteiger partial charge in [0.25, 0.3) is 0 Å². The lowest BCUT2D eigenvalue weighted by atomic mass is 10.1. The first-order valence-corrected chi connectivity index (χ1v) is 6.99. The average Bonchev–Trinajstić information content (AvgIpc) is 2.34. The molecule has 0 aliphatic rings. The summed E-state index contributed by atoms with van der Waals surface area (Å²) in [7, 11) is 3.58. The SMILES string of the molecule is C[C@H](NCCCC(=O)N(C)C)c1ccccc1Br. The first-order valence-electron chi connectivity index (χ1n) is 6.20. The Hall–Kier alpha value is -0.870. The molecule has 100 valence electrons. The molecule has 0 spiro atoms. The van der Waals surface area contributed by atoms with Gasteiger partial charge in [0, 0.05) is 31.0 Å². The van der Waals surface area contributed by atoms with E-state index < -0.39 is 0 Å². The maximum atomic E-state index is 11.4. The van der Waals surface area contributed by atoms with Crippen LogP contribution in [0.2, 0.25) is 0 Å². The molecule has 0 fully saturated rings. The van der Waals surface area contributed by atoms with Crippen molar-refractivity contribution >= 4 is 21.8 Å². The molecule has 0 unspecified atom stereocenters. The monoisotopic (exact) mass is 312 g/mol. The Morgan fingerprint density at radius 3 is 2.67 bits per heavy atom. The maximum absolute atomic E-state index is 11.4. The van der Waals surface area contributed by atoms with E-state index in [9.17, 15) is 4.79 Å². The number of nitrogens with zero attached hydrogens (tertiary/aromatic N) is 1. The Bertz CT molecular complexity index is 393. The second kappa shape index (κ2) is 7.54. The van der Waals surface area contributed by atoms with Crippen LogP contribution in [0, 0.1) is 0 Å². The van der Waals surface area contributed by atoms with Gasteiger partial charge in [0.15, 0.2) is 0 Å². The van der Waals surface area contributed by atoms with Gasteiger partial charge in [-0.1, -0.05) is 34.1 Å². The summed E-state index contributed by atoms with van der Waals surface area (Å²) in [6.45, 7) is 2.98. The van der Waals surface area contributed by atoms with Crippen LogP contribution in [-0.2, 0) is 4.79 Å². The van der Waals surface area contributed by atoms with Crippen molar-refractivity contribution in [3.8, 4) is 0 Å². The number of hydrogen-bond donors (Lipinski definition) is 1. The molecule has 0 aliphatic heterocycles. The molecule has 0 bridgehead atoms. The molecule has 1 amide bonds. The van der Waals surface area contributed by atoms with Crippen LogP contribution in [0.5, 0.6) is 0 Å². The van der Waals surface area contributed by atoms with Crippen LogP contribution in [0.4, 0.5) is 0 Å². The number of benzene rings is 1. The Balaban J connectivity index is 2.32. The van der Waals surface area contributed by atoms with Gasteiger partial charge in [0.05, 0.1) is 0 Å². The first kappa shape index (κ1) is 15.2. The van der Waals surface area contributed by atoms with Crippen molar-refractivity contribution < 1.29 is 4.79 Å². The van der Waals surface area contributed by atoms with Crippen molar-refractivity contribution in [2.75, 3.05) is 20.6 Å². The fraction of sp³-hybridized carbons (Fsp3) is 0.500. The summed E-state index contributed by atoms with van der Waals surface area (Å²) in [5.41, 5.74) is 1.25. The number of halogens is 1. The van der Waals surface area contributed by atoms with E-state index in [0.29, 0.717) is 6.42 Å². The highest BCUT2D eigenvalue weighted by atomic mass is 79.9. The number of amides is 1. The average molecular weight is 313 g/mol. The van der Waals surface area contributed by atoms with Crippen LogP contribution < -0.4 is 5.32 Å². The van der Waals surface area contributed by atoms with E-state index >= 15 is 0 Å². The second-order valence-electron chi connectivity index (χ2n) is 4.59. The van der Waals surface area contributed by atoms with E-state index in [2.05, 4.69) is 34.2 Å². The third kappa shape index (κ3) is 4.78. The van der Waals surface area contributed by atoms with Crippen molar-refractivity contribution in [2.45, 2.75) is 25.8 Å². The van der Waals surface area contributed by atoms with Crippen molar-refractivity contribution in [2.24, 2.45) is 0 Å². The molecule has 0 saturated carbocycles. The van der Waals surface area contributed by atoms with Gasteiger partial charge in [-0.25, -0.2) is 0 Å². The summed E-state index contributed by atoms with van der Waals surface area (Å²) in [5.74, 6) is 0.186. The third-order valence-corrected chi connectivity index (χ3v) is 3.61. The molecule has 0 saturated heterocycles. The lowest BCUT2D eigenvalue weighted by Gasteiger charge is -2.16. The lowest BCUT2D eigenvalue weighted by Crippen LogP contribution is -2.24. The third-order valence-electron chi connectivity index (χ3n) is 2.89. The molecule has 1 aromatic rings. The van der Waals surface area contributed by atoms with Crippen LogP contribution in [0.3, 0.4) is 0 Å². The Labute approximate surface area is 118 Å². The zero-order valence-corrected chi connectivity index (χ0v) is 12.8. The fourth-order valence-electron chi connectivity index (χ4n) is 1.72. The lowest BCUT2D eigenvalue weighted by molar-refractivity contribution is -0.128. The minimum absolute atomic E-state index is 0.186. The van der Waals surface area contributed by atoms with E-state index in [1.807, 2.05) is 18.2 Å². The highest BCUT2D eigenvalue weighted by Gasteiger charge is 2.08.